The van der Waals surface area contributed by atoms with Crippen molar-refractivity contribution in [2.45, 2.75) is 65.5 Å². The van der Waals surface area contributed by atoms with Crippen molar-refractivity contribution < 1.29 is 19.5 Å². The zero-order valence-corrected chi connectivity index (χ0v) is 37.9. The fourth-order valence-electron chi connectivity index (χ4n) is 8.27. The first-order chi connectivity index (χ1) is 32.2. The van der Waals surface area contributed by atoms with Crippen LogP contribution in [0.2, 0.25) is 0 Å². The van der Waals surface area contributed by atoms with E-state index >= 15 is 0 Å². The average molecular weight is 886 g/mol. The first-order valence-electron chi connectivity index (χ1n) is 22.8. The second kappa shape index (κ2) is 23.1. The summed E-state index contributed by atoms with van der Waals surface area (Å²) < 4.78 is 0. The maximum Gasteiger partial charge on any atom is 0.337 e. The number of benzene rings is 3. The Hall–Kier alpha value is -7.25. The van der Waals surface area contributed by atoms with Gasteiger partial charge in [-0.3, -0.25) is 9.59 Å². The number of pyridine rings is 4. The number of hydrogen-bond acceptors (Lipinski definition) is 11. The molecule has 0 bridgehead atoms. The number of amides is 1. The molecule has 3 aliphatic rings. The van der Waals surface area contributed by atoms with Gasteiger partial charge in [-0.2, -0.15) is 0 Å². The van der Waals surface area contributed by atoms with Crippen LogP contribution in [0.3, 0.4) is 0 Å². The molecule has 0 unspecified atom stereocenters. The Balaban J connectivity index is 0.000000139. The monoisotopic (exact) mass is 885 g/mol. The van der Waals surface area contributed by atoms with Gasteiger partial charge in [-0.25, -0.2) is 24.7 Å². The average Bonchev–Trinajstić information content (AvgIpc) is 4.20. The van der Waals surface area contributed by atoms with Gasteiger partial charge in [-0.15, -0.1) is 0 Å². The van der Waals surface area contributed by atoms with E-state index in [1.807, 2.05) is 49.4 Å². The minimum absolute atomic E-state index is 0.107. The van der Waals surface area contributed by atoms with Gasteiger partial charge in [-0.05, 0) is 148 Å². The van der Waals surface area contributed by atoms with E-state index < -0.39 is 5.97 Å². The number of hydrogen-bond donors (Lipinski definition) is 3. The van der Waals surface area contributed by atoms with Crippen LogP contribution in [0.15, 0.2) is 122 Å². The third kappa shape index (κ3) is 12.5. The van der Waals surface area contributed by atoms with Gasteiger partial charge < -0.3 is 30.9 Å². The second-order valence-electron chi connectivity index (χ2n) is 16.7. The van der Waals surface area contributed by atoms with Crippen LogP contribution in [-0.2, 0) is 13.1 Å². The molecular weight excluding hydrogens is 827 g/mol. The van der Waals surface area contributed by atoms with E-state index in [1.165, 1.54) is 74.2 Å². The molecule has 3 aliphatic heterocycles. The third-order valence-electron chi connectivity index (χ3n) is 12.0. The zero-order chi connectivity index (χ0) is 46.3. The Morgan fingerprint density at radius 1 is 0.606 bits per heavy atom. The number of carboxylic acid groups (broad SMARTS) is 1. The van der Waals surface area contributed by atoms with E-state index in [0.29, 0.717) is 41.3 Å². The Morgan fingerprint density at radius 3 is 1.44 bits per heavy atom. The molecule has 10 rings (SSSR count). The zero-order valence-electron chi connectivity index (χ0n) is 37.9. The summed E-state index contributed by atoms with van der Waals surface area (Å²) >= 11 is 0. The molecule has 3 saturated heterocycles. The van der Waals surface area contributed by atoms with Crippen LogP contribution < -0.4 is 25.8 Å². The number of nitrogens with zero attached hydrogens (tertiary/aromatic N) is 7. The second-order valence-corrected chi connectivity index (χ2v) is 16.7. The van der Waals surface area contributed by atoms with Crippen LogP contribution in [-0.4, -0.2) is 82.5 Å². The van der Waals surface area contributed by atoms with Gasteiger partial charge in [0.25, 0.3) is 5.91 Å². The van der Waals surface area contributed by atoms with Crippen molar-refractivity contribution >= 4 is 57.3 Å². The normalized spacial score (nSPS) is 14.1. The molecule has 66 heavy (non-hydrogen) atoms. The SMILES string of the molecule is Cc1nc2ncccc2cc1C(=O)NCc1ccc(N2CCCC2)cc1.Cc1nc2ncccc2cc1C(=O)O.NCc1ccc(N2CCCC2)cc1.O=Cc1ccc(N2CCCC2)cc1. The third-order valence-corrected chi connectivity index (χ3v) is 12.0. The molecule has 7 aromatic rings. The molecule has 0 spiro atoms. The molecule has 3 aromatic carbocycles. The molecule has 3 fully saturated rings. The Morgan fingerprint density at radius 2 is 1.02 bits per heavy atom. The lowest BCUT2D eigenvalue weighted by Crippen LogP contribution is -2.24. The molecule has 0 aliphatic carbocycles. The first-order valence-corrected chi connectivity index (χ1v) is 22.8. The van der Waals surface area contributed by atoms with Crippen molar-refractivity contribution in [3.05, 3.63) is 161 Å². The Kier molecular flexibility index (Phi) is 16.3. The Labute approximate surface area is 386 Å². The molecule has 4 aromatic heterocycles. The number of nitrogens with one attached hydrogen (secondary N) is 1. The van der Waals surface area contributed by atoms with Crippen molar-refractivity contribution in [1.29, 1.82) is 0 Å². The maximum atomic E-state index is 12.6. The van der Waals surface area contributed by atoms with E-state index in [4.69, 9.17) is 10.8 Å². The van der Waals surface area contributed by atoms with E-state index in [1.54, 1.807) is 37.5 Å². The molecular formula is C53H59N9O4. The highest BCUT2D eigenvalue weighted by Crippen LogP contribution is 2.23. The lowest BCUT2D eigenvalue weighted by molar-refractivity contribution is 0.0695. The largest absolute Gasteiger partial charge is 0.478 e. The van der Waals surface area contributed by atoms with Crippen molar-refractivity contribution in [2.24, 2.45) is 5.73 Å². The number of aryl methyl sites for hydroxylation is 2. The minimum Gasteiger partial charge on any atom is -0.478 e. The summed E-state index contributed by atoms with van der Waals surface area (Å²) in [5, 5.41) is 13.5. The van der Waals surface area contributed by atoms with E-state index in [0.717, 1.165) is 54.4 Å². The van der Waals surface area contributed by atoms with Crippen LogP contribution in [0.5, 0.6) is 0 Å². The Bertz CT molecular complexity index is 2690. The van der Waals surface area contributed by atoms with Gasteiger partial charge >= 0.3 is 5.97 Å². The number of aromatic nitrogens is 4. The van der Waals surface area contributed by atoms with Crippen LogP contribution >= 0.6 is 0 Å². The van der Waals surface area contributed by atoms with Crippen molar-refractivity contribution in [3.63, 3.8) is 0 Å². The number of carbonyl (C=O) groups excluding carboxylic acids is 2. The van der Waals surface area contributed by atoms with Gasteiger partial charge in [-0.1, -0.05) is 24.3 Å². The van der Waals surface area contributed by atoms with Gasteiger partial charge in [0, 0.05) is 98.1 Å². The van der Waals surface area contributed by atoms with Crippen LogP contribution in [0.25, 0.3) is 22.1 Å². The fraction of sp³-hybridized carbons (Fsp3) is 0.302. The van der Waals surface area contributed by atoms with Crippen molar-refractivity contribution in [3.8, 4) is 0 Å². The van der Waals surface area contributed by atoms with Crippen LogP contribution in [0, 0.1) is 13.8 Å². The van der Waals surface area contributed by atoms with Crippen molar-refractivity contribution in [1.82, 2.24) is 25.3 Å². The highest BCUT2D eigenvalue weighted by Gasteiger charge is 2.15. The molecule has 0 atom stereocenters. The van der Waals surface area contributed by atoms with Gasteiger partial charge in [0.15, 0.2) is 11.3 Å². The number of rotatable bonds is 9. The standard InChI is InChI=1S/C21H22N4O.C11H16N2.C11H13NO.C10H8N2O2/c1-15-19(13-17-5-4-10-22-20(17)24-15)21(26)23-14-16-6-8-18(9-7-16)25-11-2-3-12-25;12-9-10-3-5-11(6-4-10)13-7-1-2-8-13;13-9-10-3-5-11(6-4-10)12-7-1-2-8-12;1-6-8(10(13)14)5-7-3-2-4-11-9(7)12-6/h4-10,13H,2-3,11-12,14H2,1H3,(H,23,26);3-6H,1-2,7-9,12H2;3-6,9H,1-2,7-8H2;2-5H,1H3,(H,13,14). The van der Waals surface area contributed by atoms with Crippen molar-refractivity contribution in [2.75, 3.05) is 54.0 Å². The number of aldehydes is 1. The van der Waals surface area contributed by atoms with E-state index in [2.05, 4.69) is 88.5 Å². The molecule has 1 amide bonds. The molecule has 7 heterocycles. The lowest BCUT2D eigenvalue weighted by Gasteiger charge is -2.17. The molecule has 4 N–H and O–H groups in total. The number of anilines is 3. The minimum atomic E-state index is -0.958. The summed E-state index contributed by atoms with van der Waals surface area (Å²) in [5.74, 6) is -1.06. The summed E-state index contributed by atoms with van der Waals surface area (Å²) in [6.07, 6.45) is 12.0. The highest BCUT2D eigenvalue weighted by atomic mass is 16.4. The van der Waals surface area contributed by atoms with Crippen LogP contribution in [0.4, 0.5) is 17.1 Å². The molecule has 13 nitrogen and oxygen atoms in total. The number of aromatic carboxylic acids is 1. The summed E-state index contributed by atoms with van der Waals surface area (Å²) in [7, 11) is 0. The van der Waals surface area contributed by atoms with E-state index in [9.17, 15) is 14.4 Å². The molecule has 13 heteroatoms. The van der Waals surface area contributed by atoms with Gasteiger partial charge in [0.05, 0.1) is 22.5 Å². The number of carbonyl (C=O) groups is 3. The molecule has 0 radical (unpaired) electrons. The summed E-state index contributed by atoms with van der Waals surface area (Å²) in [6, 6.07) is 35.6. The summed E-state index contributed by atoms with van der Waals surface area (Å²) in [5.41, 5.74) is 15.7. The summed E-state index contributed by atoms with van der Waals surface area (Å²) in [6.45, 7) is 11.7. The number of carboxylic acids is 1. The first kappa shape index (κ1) is 46.7. The fourth-order valence-corrected chi connectivity index (χ4v) is 8.27. The summed E-state index contributed by atoms with van der Waals surface area (Å²) in [4.78, 5) is 57.8. The predicted molar refractivity (Wildman–Crippen MR) is 264 cm³/mol. The van der Waals surface area contributed by atoms with E-state index in [-0.39, 0.29) is 11.5 Å². The topological polar surface area (TPSA) is 171 Å². The molecule has 0 saturated carbocycles. The number of fused-ring (bicyclic) bond motifs is 2. The van der Waals surface area contributed by atoms with Gasteiger partial charge in [0.1, 0.15) is 6.29 Å². The maximum absolute atomic E-state index is 12.6. The number of nitrogens with two attached hydrogens (primary N) is 1. The smallest absolute Gasteiger partial charge is 0.337 e. The quantitative estimate of drug-likeness (QED) is 0.118. The molecule has 340 valence electrons. The lowest BCUT2D eigenvalue weighted by atomic mass is 10.1. The van der Waals surface area contributed by atoms with Crippen LogP contribution in [0.1, 0.15) is 92.1 Å². The predicted octanol–water partition coefficient (Wildman–Crippen LogP) is 8.95. The van der Waals surface area contributed by atoms with Gasteiger partial charge in [0.2, 0.25) is 0 Å². The highest BCUT2D eigenvalue weighted by molar-refractivity contribution is 5.98.